The van der Waals surface area contributed by atoms with Crippen molar-refractivity contribution in [1.82, 2.24) is 4.90 Å². The first kappa shape index (κ1) is 14.9. The lowest BCUT2D eigenvalue weighted by molar-refractivity contribution is -0.191. The second-order valence-electron chi connectivity index (χ2n) is 6.68. The molecule has 2 nitrogen and oxygen atoms in total. The van der Waals surface area contributed by atoms with Crippen LogP contribution in [-0.4, -0.2) is 28.7 Å². The molecule has 21 heavy (non-hydrogen) atoms. The molecular formula is C17H23F2NO. The van der Waals surface area contributed by atoms with Crippen molar-refractivity contribution in [2.75, 3.05) is 13.1 Å². The molecule has 1 saturated carbocycles. The molecule has 1 spiro atoms. The van der Waals surface area contributed by atoms with E-state index in [9.17, 15) is 13.9 Å². The van der Waals surface area contributed by atoms with Gasteiger partial charge in [-0.25, -0.2) is 8.78 Å². The maximum Gasteiger partial charge on any atom is 0.130 e. The molecule has 1 aromatic rings. The van der Waals surface area contributed by atoms with Crippen LogP contribution >= 0.6 is 0 Å². The Morgan fingerprint density at radius 3 is 2.38 bits per heavy atom. The second kappa shape index (κ2) is 5.33. The van der Waals surface area contributed by atoms with Gasteiger partial charge in [-0.15, -0.1) is 0 Å². The van der Waals surface area contributed by atoms with Crippen molar-refractivity contribution in [3.05, 3.63) is 35.4 Å². The average Bonchev–Trinajstić information content (AvgIpc) is 2.49. The zero-order chi connectivity index (χ0) is 15.1. The summed E-state index contributed by atoms with van der Waals surface area (Å²) in [5.41, 5.74) is 0.145. The molecule has 1 saturated heterocycles. The maximum atomic E-state index is 13.7. The molecule has 2 aliphatic rings. The number of aliphatic hydroxyl groups is 1. The molecule has 0 radical (unpaired) electrons. The van der Waals surface area contributed by atoms with E-state index in [1.807, 2.05) is 0 Å². The van der Waals surface area contributed by atoms with Crippen molar-refractivity contribution >= 4 is 0 Å². The largest absolute Gasteiger partial charge is 0.389 e. The van der Waals surface area contributed by atoms with Gasteiger partial charge < -0.3 is 5.11 Å². The van der Waals surface area contributed by atoms with Crippen LogP contribution in [0.3, 0.4) is 0 Å². The van der Waals surface area contributed by atoms with Crippen LogP contribution in [0.1, 0.15) is 44.6 Å². The molecule has 3 rings (SSSR count). The summed E-state index contributed by atoms with van der Waals surface area (Å²) in [7, 11) is 0. The SMILES string of the molecule is CCC1(O)CCC12CCN(Cc1ccc(F)cc1F)CC2. The van der Waals surface area contributed by atoms with Gasteiger partial charge in [0.05, 0.1) is 5.60 Å². The fourth-order valence-corrected chi connectivity index (χ4v) is 4.06. The first-order chi connectivity index (χ1) is 9.98. The lowest BCUT2D eigenvalue weighted by Gasteiger charge is -2.59. The summed E-state index contributed by atoms with van der Waals surface area (Å²) in [4.78, 5) is 2.20. The van der Waals surface area contributed by atoms with Gasteiger partial charge in [0.1, 0.15) is 11.6 Å². The highest BCUT2D eigenvalue weighted by Gasteiger charge is 2.57. The second-order valence-corrected chi connectivity index (χ2v) is 6.68. The van der Waals surface area contributed by atoms with Gasteiger partial charge >= 0.3 is 0 Å². The van der Waals surface area contributed by atoms with E-state index in [2.05, 4.69) is 11.8 Å². The van der Waals surface area contributed by atoms with E-state index in [1.54, 1.807) is 0 Å². The molecule has 1 unspecified atom stereocenters. The molecule has 0 aromatic heterocycles. The number of piperidine rings is 1. The van der Waals surface area contributed by atoms with E-state index in [0.717, 1.165) is 51.3 Å². The van der Waals surface area contributed by atoms with Gasteiger partial charge in [-0.05, 0) is 51.3 Å². The lowest BCUT2D eigenvalue weighted by Crippen LogP contribution is -2.60. The summed E-state index contributed by atoms with van der Waals surface area (Å²) in [6, 6.07) is 3.79. The molecule has 116 valence electrons. The molecule has 1 heterocycles. The smallest absolute Gasteiger partial charge is 0.130 e. The van der Waals surface area contributed by atoms with Crippen LogP contribution in [0.2, 0.25) is 0 Å². The van der Waals surface area contributed by atoms with E-state index >= 15 is 0 Å². The summed E-state index contributed by atoms with van der Waals surface area (Å²) in [5, 5.41) is 10.6. The Balaban J connectivity index is 1.62. The quantitative estimate of drug-likeness (QED) is 0.923. The minimum Gasteiger partial charge on any atom is -0.389 e. The number of benzene rings is 1. The maximum absolute atomic E-state index is 13.7. The molecule has 0 bridgehead atoms. The van der Waals surface area contributed by atoms with E-state index in [0.29, 0.717) is 12.1 Å². The third-order valence-electron chi connectivity index (χ3n) is 5.81. The number of likely N-dealkylation sites (tertiary alicyclic amines) is 1. The third kappa shape index (κ3) is 2.49. The molecule has 1 aliphatic heterocycles. The summed E-state index contributed by atoms with van der Waals surface area (Å²) in [6.45, 7) is 4.33. The van der Waals surface area contributed by atoms with Crippen LogP contribution in [0.25, 0.3) is 0 Å². The number of hydrogen-bond acceptors (Lipinski definition) is 2. The Bertz CT molecular complexity index is 522. The molecule has 0 amide bonds. The van der Waals surface area contributed by atoms with Crippen LogP contribution in [-0.2, 0) is 6.54 Å². The first-order valence-electron chi connectivity index (χ1n) is 7.87. The highest BCUT2D eigenvalue weighted by molar-refractivity contribution is 5.19. The fourth-order valence-electron chi connectivity index (χ4n) is 4.06. The third-order valence-corrected chi connectivity index (χ3v) is 5.81. The summed E-state index contributed by atoms with van der Waals surface area (Å²) >= 11 is 0. The molecular weight excluding hydrogens is 272 g/mol. The zero-order valence-electron chi connectivity index (χ0n) is 12.5. The van der Waals surface area contributed by atoms with Crippen molar-refractivity contribution in [1.29, 1.82) is 0 Å². The summed E-state index contributed by atoms with van der Waals surface area (Å²) < 4.78 is 26.6. The van der Waals surface area contributed by atoms with E-state index < -0.39 is 17.2 Å². The Morgan fingerprint density at radius 1 is 1.14 bits per heavy atom. The van der Waals surface area contributed by atoms with Gasteiger partial charge in [0.2, 0.25) is 0 Å². The summed E-state index contributed by atoms with van der Waals surface area (Å²) in [6.07, 6.45) is 4.78. The van der Waals surface area contributed by atoms with Crippen molar-refractivity contribution in [3.8, 4) is 0 Å². The van der Waals surface area contributed by atoms with E-state index in [-0.39, 0.29) is 5.41 Å². The van der Waals surface area contributed by atoms with Gasteiger partial charge in [0, 0.05) is 23.6 Å². The molecule has 1 atom stereocenters. The zero-order valence-corrected chi connectivity index (χ0v) is 12.5. The van der Waals surface area contributed by atoms with E-state index in [4.69, 9.17) is 0 Å². The highest BCUT2D eigenvalue weighted by Crippen LogP contribution is 2.57. The topological polar surface area (TPSA) is 23.5 Å². The summed E-state index contributed by atoms with van der Waals surface area (Å²) in [5.74, 6) is -1.000. The van der Waals surface area contributed by atoms with Crippen molar-refractivity contribution in [2.45, 2.75) is 51.2 Å². The van der Waals surface area contributed by atoms with Crippen molar-refractivity contribution in [3.63, 3.8) is 0 Å². The molecule has 1 N–H and O–H groups in total. The standard InChI is InChI=1S/C17H23F2NO/c1-2-17(21)6-5-16(17)7-9-20(10-8-16)12-13-3-4-14(18)11-15(13)19/h3-4,11,21H,2,5-10,12H2,1H3. The number of halogens is 2. The predicted molar refractivity (Wildman–Crippen MR) is 77.8 cm³/mol. The highest BCUT2D eigenvalue weighted by atomic mass is 19.1. The number of nitrogens with zero attached hydrogens (tertiary/aromatic N) is 1. The Labute approximate surface area is 124 Å². The Morgan fingerprint density at radius 2 is 1.86 bits per heavy atom. The van der Waals surface area contributed by atoms with Crippen LogP contribution in [0.4, 0.5) is 8.78 Å². The molecule has 2 fully saturated rings. The Hall–Kier alpha value is -1.00. The first-order valence-corrected chi connectivity index (χ1v) is 7.87. The monoisotopic (exact) mass is 295 g/mol. The minimum atomic E-state index is -0.531. The van der Waals surface area contributed by atoms with Gasteiger partial charge in [0.15, 0.2) is 0 Å². The average molecular weight is 295 g/mol. The van der Waals surface area contributed by atoms with Crippen LogP contribution in [0.5, 0.6) is 0 Å². The van der Waals surface area contributed by atoms with Crippen LogP contribution in [0, 0.1) is 17.0 Å². The lowest BCUT2D eigenvalue weighted by atomic mass is 9.51. The molecule has 1 aromatic carbocycles. The minimum absolute atomic E-state index is 0.0829. The van der Waals surface area contributed by atoms with Gasteiger partial charge in [-0.1, -0.05) is 13.0 Å². The van der Waals surface area contributed by atoms with Crippen LogP contribution < -0.4 is 0 Å². The molecule has 1 aliphatic carbocycles. The van der Waals surface area contributed by atoms with E-state index in [1.165, 1.54) is 12.1 Å². The fraction of sp³-hybridized carbons (Fsp3) is 0.647. The normalized spacial score (nSPS) is 28.6. The number of rotatable bonds is 3. The van der Waals surface area contributed by atoms with Gasteiger partial charge in [-0.3, -0.25) is 4.90 Å². The predicted octanol–water partition coefficient (Wildman–Crippen LogP) is 3.48. The Kier molecular flexibility index (Phi) is 3.78. The van der Waals surface area contributed by atoms with Gasteiger partial charge in [0.25, 0.3) is 0 Å². The van der Waals surface area contributed by atoms with Gasteiger partial charge in [-0.2, -0.15) is 0 Å². The van der Waals surface area contributed by atoms with Crippen molar-refractivity contribution < 1.29 is 13.9 Å². The molecule has 4 heteroatoms. The van der Waals surface area contributed by atoms with Crippen molar-refractivity contribution in [2.24, 2.45) is 5.41 Å². The van der Waals surface area contributed by atoms with Crippen LogP contribution in [0.15, 0.2) is 18.2 Å². The number of hydrogen-bond donors (Lipinski definition) is 1.